The van der Waals surface area contributed by atoms with Gasteiger partial charge >= 0.3 is 0 Å². The van der Waals surface area contributed by atoms with Crippen LogP contribution in [0.25, 0.3) is 5.95 Å². The third-order valence-corrected chi connectivity index (χ3v) is 4.66. The second-order valence-corrected chi connectivity index (χ2v) is 6.43. The molecular formula is C20H22N4O2. The molecule has 0 radical (unpaired) electrons. The molecule has 0 aliphatic rings. The Morgan fingerprint density at radius 2 is 2.00 bits per heavy atom. The van der Waals surface area contributed by atoms with Crippen LogP contribution in [0.3, 0.4) is 0 Å². The van der Waals surface area contributed by atoms with Crippen molar-refractivity contribution in [2.45, 2.75) is 32.6 Å². The minimum absolute atomic E-state index is 0.0321. The number of aromatic amines is 1. The van der Waals surface area contributed by atoms with Gasteiger partial charge in [-0.3, -0.25) is 14.6 Å². The monoisotopic (exact) mass is 350 g/mol. The molecule has 0 aliphatic carbocycles. The van der Waals surface area contributed by atoms with Gasteiger partial charge in [0.05, 0.1) is 0 Å². The van der Waals surface area contributed by atoms with Gasteiger partial charge in [-0.2, -0.15) is 5.10 Å². The Kier molecular flexibility index (Phi) is 5.41. The maximum absolute atomic E-state index is 13.0. The van der Waals surface area contributed by atoms with Gasteiger partial charge in [0.1, 0.15) is 5.78 Å². The van der Waals surface area contributed by atoms with Crippen molar-refractivity contribution in [3.05, 3.63) is 76.5 Å². The minimum Gasteiger partial charge on any atom is -0.299 e. The number of hydrogen-bond acceptors (Lipinski definition) is 4. The van der Waals surface area contributed by atoms with Gasteiger partial charge in [-0.15, -0.1) is 0 Å². The number of nitrogens with one attached hydrogen (secondary N) is 1. The number of hydrogen-bond donors (Lipinski definition) is 1. The average molecular weight is 350 g/mol. The number of carbonyl (C=O) groups is 1. The summed E-state index contributed by atoms with van der Waals surface area (Å²) in [4.78, 5) is 32.3. The highest BCUT2D eigenvalue weighted by atomic mass is 16.1. The molecule has 0 aliphatic heterocycles. The molecule has 2 atom stereocenters. The first-order valence-corrected chi connectivity index (χ1v) is 8.76. The molecule has 0 saturated heterocycles. The molecule has 3 aromatic rings. The summed E-state index contributed by atoms with van der Waals surface area (Å²) >= 11 is 0. The van der Waals surface area contributed by atoms with E-state index in [1.54, 1.807) is 18.5 Å². The first-order valence-electron chi connectivity index (χ1n) is 8.76. The van der Waals surface area contributed by atoms with Gasteiger partial charge in [0, 0.05) is 36.5 Å². The molecule has 6 heteroatoms. The number of nitrogens with zero attached hydrogens (tertiary/aromatic N) is 3. The molecule has 0 saturated carbocycles. The highest BCUT2D eigenvalue weighted by molar-refractivity contribution is 5.87. The standard InChI is InChI=1S/C20H22N4O2/c1-3-14(2)18(15-8-5-4-6-9-15)17(25)12-16-13-21-20(23-19(16)26)24-11-7-10-22-24/h4-11,13-14,18H,3,12H2,1-2H3,(H,21,23,26). The normalized spacial score (nSPS) is 13.3. The van der Waals surface area contributed by atoms with E-state index in [1.807, 2.05) is 30.3 Å². The summed E-state index contributed by atoms with van der Waals surface area (Å²) in [6.45, 7) is 4.14. The lowest BCUT2D eigenvalue weighted by molar-refractivity contribution is -0.121. The number of aromatic nitrogens is 4. The Morgan fingerprint density at radius 3 is 2.62 bits per heavy atom. The minimum atomic E-state index is -0.310. The third-order valence-electron chi connectivity index (χ3n) is 4.66. The summed E-state index contributed by atoms with van der Waals surface area (Å²) in [5.74, 6) is 0.328. The number of H-pyrrole nitrogens is 1. The summed E-state index contributed by atoms with van der Waals surface area (Å²) in [6.07, 6.45) is 5.71. The van der Waals surface area contributed by atoms with Crippen molar-refractivity contribution in [1.82, 2.24) is 19.7 Å². The van der Waals surface area contributed by atoms with Gasteiger partial charge in [-0.05, 0) is 17.5 Å². The fraction of sp³-hybridized carbons (Fsp3) is 0.300. The van der Waals surface area contributed by atoms with Crippen LogP contribution in [0.1, 0.15) is 37.3 Å². The van der Waals surface area contributed by atoms with Crippen LogP contribution >= 0.6 is 0 Å². The van der Waals surface area contributed by atoms with Gasteiger partial charge in [0.2, 0.25) is 5.95 Å². The van der Waals surface area contributed by atoms with E-state index in [2.05, 4.69) is 28.9 Å². The van der Waals surface area contributed by atoms with Crippen molar-refractivity contribution in [2.24, 2.45) is 5.92 Å². The molecule has 2 heterocycles. The Morgan fingerprint density at radius 1 is 1.23 bits per heavy atom. The van der Waals surface area contributed by atoms with E-state index >= 15 is 0 Å². The van der Waals surface area contributed by atoms with Crippen LogP contribution in [0.4, 0.5) is 0 Å². The quantitative estimate of drug-likeness (QED) is 0.710. The largest absolute Gasteiger partial charge is 0.299 e. The second kappa shape index (κ2) is 7.91. The van der Waals surface area contributed by atoms with Crippen molar-refractivity contribution < 1.29 is 4.79 Å². The van der Waals surface area contributed by atoms with Crippen molar-refractivity contribution in [3.63, 3.8) is 0 Å². The molecule has 0 fully saturated rings. The molecule has 2 aromatic heterocycles. The maximum atomic E-state index is 13.0. The molecule has 6 nitrogen and oxygen atoms in total. The van der Waals surface area contributed by atoms with Crippen LogP contribution in [0.5, 0.6) is 0 Å². The van der Waals surface area contributed by atoms with Crippen LogP contribution in [0, 0.1) is 5.92 Å². The zero-order chi connectivity index (χ0) is 18.5. The van der Waals surface area contributed by atoms with Gasteiger partial charge in [-0.25, -0.2) is 9.67 Å². The van der Waals surface area contributed by atoms with Crippen molar-refractivity contribution >= 4 is 5.78 Å². The SMILES string of the molecule is CCC(C)C(C(=O)Cc1cnc(-n2cccn2)[nH]c1=O)c1ccccc1. The van der Waals surface area contributed by atoms with Crippen molar-refractivity contribution in [1.29, 1.82) is 0 Å². The third kappa shape index (κ3) is 3.79. The Balaban J connectivity index is 1.84. The zero-order valence-corrected chi connectivity index (χ0v) is 14.9. The Hall–Kier alpha value is -3.02. The smallest absolute Gasteiger partial charge is 0.255 e. The van der Waals surface area contributed by atoms with E-state index in [1.165, 1.54) is 10.9 Å². The predicted molar refractivity (Wildman–Crippen MR) is 99.3 cm³/mol. The fourth-order valence-corrected chi connectivity index (χ4v) is 3.07. The lowest BCUT2D eigenvalue weighted by atomic mass is 9.81. The lowest BCUT2D eigenvalue weighted by Gasteiger charge is -2.22. The average Bonchev–Trinajstić information content (AvgIpc) is 3.19. The molecule has 0 amide bonds. The number of ketones is 1. The van der Waals surface area contributed by atoms with E-state index in [0.717, 1.165) is 12.0 Å². The molecule has 0 bridgehead atoms. The van der Waals surface area contributed by atoms with Gasteiger partial charge in [-0.1, -0.05) is 50.6 Å². The van der Waals surface area contributed by atoms with E-state index in [9.17, 15) is 9.59 Å². The summed E-state index contributed by atoms with van der Waals surface area (Å²) < 4.78 is 1.47. The number of carbonyl (C=O) groups excluding carboxylic acids is 1. The van der Waals surface area contributed by atoms with E-state index in [0.29, 0.717) is 11.5 Å². The van der Waals surface area contributed by atoms with Gasteiger partial charge < -0.3 is 0 Å². The predicted octanol–water partition coefficient (Wildman–Crippen LogP) is 2.90. The van der Waals surface area contributed by atoms with E-state index in [4.69, 9.17) is 0 Å². The highest BCUT2D eigenvalue weighted by Crippen LogP contribution is 2.28. The van der Waals surface area contributed by atoms with E-state index in [-0.39, 0.29) is 29.6 Å². The second-order valence-electron chi connectivity index (χ2n) is 6.43. The van der Waals surface area contributed by atoms with Gasteiger partial charge in [0.25, 0.3) is 5.56 Å². The van der Waals surface area contributed by atoms with Crippen LogP contribution in [0.2, 0.25) is 0 Å². The summed E-state index contributed by atoms with van der Waals surface area (Å²) in [7, 11) is 0. The maximum Gasteiger partial charge on any atom is 0.255 e. The first-order chi connectivity index (χ1) is 12.6. The summed E-state index contributed by atoms with van der Waals surface area (Å²) in [6, 6.07) is 11.5. The lowest BCUT2D eigenvalue weighted by Crippen LogP contribution is -2.25. The molecular weight excluding hydrogens is 328 g/mol. The molecule has 2 unspecified atom stereocenters. The van der Waals surface area contributed by atoms with Crippen LogP contribution in [-0.4, -0.2) is 25.5 Å². The molecule has 134 valence electrons. The first kappa shape index (κ1) is 17.8. The highest BCUT2D eigenvalue weighted by Gasteiger charge is 2.26. The van der Waals surface area contributed by atoms with Crippen LogP contribution < -0.4 is 5.56 Å². The summed E-state index contributed by atoms with van der Waals surface area (Å²) in [5.41, 5.74) is 1.05. The zero-order valence-electron chi connectivity index (χ0n) is 14.9. The Bertz CT molecular complexity index is 916. The number of Topliss-reactive ketones (excluding diaryl/α,β-unsaturated/α-hetero) is 1. The summed E-state index contributed by atoms with van der Waals surface area (Å²) in [5, 5.41) is 4.04. The Labute approximate surface area is 151 Å². The van der Waals surface area contributed by atoms with Crippen molar-refractivity contribution in [2.75, 3.05) is 0 Å². The molecule has 3 rings (SSSR count). The molecule has 1 aromatic carbocycles. The number of benzene rings is 1. The van der Waals surface area contributed by atoms with Crippen LogP contribution in [-0.2, 0) is 11.2 Å². The van der Waals surface area contributed by atoms with Crippen LogP contribution in [0.15, 0.2) is 59.8 Å². The molecule has 0 spiro atoms. The number of rotatable bonds is 7. The molecule has 1 N–H and O–H groups in total. The topological polar surface area (TPSA) is 80.6 Å². The molecule has 26 heavy (non-hydrogen) atoms. The fourth-order valence-electron chi connectivity index (χ4n) is 3.07. The van der Waals surface area contributed by atoms with Gasteiger partial charge in [0.15, 0.2) is 0 Å². The van der Waals surface area contributed by atoms with E-state index < -0.39 is 0 Å². The van der Waals surface area contributed by atoms with Crippen molar-refractivity contribution in [3.8, 4) is 5.95 Å².